The van der Waals surface area contributed by atoms with Gasteiger partial charge in [0.1, 0.15) is 0 Å². The van der Waals surface area contributed by atoms with Crippen LogP contribution in [0.4, 0.5) is 0 Å². The first kappa shape index (κ1) is 17.1. The third-order valence-corrected chi connectivity index (χ3v) is 4.60. The molecule has 1 aromatic heterocycles. The molecule has 0 aliphatic heterocycles. The van der Waals surface area contributed by atoms with Crippen molar-refractivity contribution in [2.75, 3.05) is 26.7 Å². The van der Waals surface area contributed by atoms with Crippen molar-refractivity contribution in [3.63, 3.8) is 0 Å². The molecule has 112 valence electrons. The lowest BCUT2D eigenvalue weighted by molar-refractivity contribution is -0.131. The Bertz CT molecular complexity index is 471. The maximum absolute atomic E-state index is 12.3. The summed E-state index contributed by atoms with van der Waals surface area (Å²) in [6.45, 7) is 7.32. The van der Waals surface area contributed by atoms with Crippen LogP contribution in [0.2, 0.25) is 4.34 Å². The highest BCUT2D eigenvalue weighted by Crippen LogP contribution is 2.23. The number of carbonyl (C=O) groups is 2. The molecule has 6 heteroatoms. The van der Waals surface area contributed by atoms with Crippen molar-refractivity contribution in [1.29, 1.82) is 0 Å². The molecule has 0 bridgehead atoms. The minimum Gasteiger partial charge on any atom is -0.342 e. The van der Waals surface area contributed by atoms with E-state index < -0.39 is 0 Å². The van der Waals surface area contributed by atoms with Crippen molar-refractivity contribution in [1.82, 2.24) is 9.80 Å². The fraction of sp³-hybridized carbons (Fsp3) is 0.571. The average Bonchev–Trinajstić information content (AvgIpc) is 2.85. The molecule has 0 aliphatic rings. The van der Waals surface area contributed by atoms with Crippen LogP contribution in [-0.4, -0.2) is 54.2 Å². The maximum atomic E-state index is 12.3. The summed E-state index contributed by atoms with van der Waals surface area (Å²) in [5, 5.41) is 0. The SMILES string of the molecule is CCN(CC)C(=O)CN(C)C(C)C(=O)c1ccc(Cl)s1. The molecule has 1 atom stereocenters. The number of ketones is 1. The minimum atomic E-state index is -0.343. The lowest BCUT2D eigenvalue weighted by Crippen LogP contribution is -2.44. The minimum absolute atomic E-state index is 0.00301. The number of hydrogen-bond acceptors (Lipinski definition) is 4. The van der Waals surface area contributed by atoms with E-state index in [2.05, 4.69) is 0 Å². The van der Waals surface area contributed by atoms with Gasteiger partial charge in [-0.25, -0.2) is 0 Å². The van der Waals surface area contributed by atoms with Crippen LogP contribution in [0.15, 0.2) is 12.1 Å². The van der Waals surface area contributed by atoms with Crippen LogP contribution in [0, 0.1) is 0 Å². The van der Waals surface area contributed by atoms with E-state index in [9.17, 15) is 9.59 Å². The molecular weight excluding hydrogens is 296 g/mol. The molecule has 0 aliphatic carbocycles. The van der Waals surface area contributed by atoms with Crippen molar-refractivity contribution in [3.8, 4) is 0 Å². The van der Waals surface area contributed by atoms with E-state index in [1.165, 1.54) is 11.3 Å². The number of halogens is 1. The number of amides is 1. The summed E-state index contributed by atoms with van der Waals surface area (Å²) in [5.74, 6) is 0.0399. The van der Waals surface area contributed by atoms with E-state index in [0.29, 0.717) is 22.3 Å². The number of hydrogen-bond donors (Lipinski definition) is 0. The first-order valence-corrected chi connectivity index (χ1v) is 7.87. The summed E-state index contributed by atoms with van der Waals surface area (Å²) < 4.78 is 0.599. The molecule has 1 unspecified atom stereocenters. The van der Waals surface area contributed by atoms with Gasteiger partial charge in [0.25, 0.3) is 0 Å². The summed E-state index contributed by atoms with van der Waals surface area (Å²) in [4.78, 5) is 28.5. The summed E-state index contributed by atoms with van der Waals surface area (Å²) in [5.41, 5.74) is 0. The second-order valence-corrected chi connectivity index (χ2v) is 6.34. The highest BCUT2D eigenvalue weighted by atomic mass is 35.5. The molecule has 0 saturated carbocycles. The molecular formula is C14H21ClN2O2S. The predicted octanol–water partition coefficient (Wildman–Crippen LogP) is 2.77. The fourth-order valence-electron chi connectivity index (χ4n) is 1.88. The molecule has 0 aromatic carbocycles. The van der Waals surface area contributed by atoms with Crippen molar-refractivity contribution < 1.29 is 9.59 Å². The third kappa shape index (κ3) is 4.30. The van der Waals surface area contributed by atoms with Gasteiger partial charge in [0.05, 0.1) is 21.8 Å². The molecule has 1 rings (SSSR count). The van der Waals surface area contributed by atoms with Crippen molar-refractivity contribution in [2.45, 2.75) is 26.8 Å². The van der Waals surface area contributed by atoms with Gasteiger partial charge in [0, 0.05) is 13.1 Å². The molecule has 20 heavy (non-hydrogen) atoms. The van der Waals surface area contributed by atoms with Crippen LogP contribution in [0.3, 0.4) is 0 Å². The highest BCUT2D eigenvalue weighted by molar-refractivity contribution is 7.18. The summed E-state index contributed by atoms with van der Waals surface area (Å²) in [7, 11) is 1.79. The summed E-state index contributed by atoms with van der Waals surface area (Å²) in [6.07, 6.45) is 0. The van der Waals surface area contributed by atoms with Crippen LogP contribution in [0.5, 0.6) is 0 Å². The Labute approximate surface area is 129 Å². The van der Waals surface area contributed by atoms with Crippen LogP contribution in [-0.2, 0) is 4.79 Å². The number of thiophene rings is 1. The third-order valence-electron chi connectivity index (χ3n) is 3.36. The van der Waals surface area contributed by atoms with E-state index in [0.717, 1.165) is 0 Å². The van der Waals surface area contributed by atoms with Gasteiger partial charge in [-0.15, -0.1) is 11.3 Å². The summed E-state index contributed by atoms with van der Waals surface area (Å²) in [6, 6.07) is 3.10. The molecule has 0 radical (unpaired) electrons. The van der Waals surface area contributed by atoms with Crippen LogP contribution in [0.1, 0.15) is 30.4 Å². The number of likely N-dealkylation sites (N-methyl/N-ethyl adjacent to an activating group) is 2. The van der Waals surface area contributed by atoms with Gasteiger partial charge in [0.2, 0.25) is 5.91 Å². The predicted molar refractivity (Wildman–Crippen MR) is 83.7 cm³/mol. The molecule has 0 fully saturated rings. The Kier molecular flexibility index (Phi) is 6.65. The van der Waals surface area contributed by atoms with E-state index in [1.807, 2.05) is 20.8 Å². The van der Waals surface area contributed by atoms with Gasteiger partial charge in [-0.1, -0.05) is 11.6 Å². The molecule has 1 heterocycles. The Hall–Kier alpha value is -0.910. The van der Waals surface area contributed by atoms with E-state index in [-0.39, 0.29) is 24.3 Å². The average molecular weight is 317 g/mol. The van der Waals surface area contributed by atoms with Gasteiger partial charge < -0.3 is 4.90 Å². The van der Waals surface area contributed by atoms with Gasteiger partial charge in [-0.3, -0.25) is 14.5 Å². The normalized spacial score (nSPS) is 12.5. The first-order chi connectivity index (χ1) is 9.40. The number of rotatable bonds is 7. The monoisotopic (exact) mass is 316 g/mol. The van der Waals surface area contributed by atoms with E-state index in [4.69, 9.17) is 11.6 Å². The van der Waals surface area contributed by atoms with Crippen molar-refractivity contribution >= 4 is 34.6 Å². The second kappa shape index (κ2) is 7.76. The van der Waals surface area contributed by atoms with E-state index >= 15 is 0 Å². The first-order valence-electron chi connectivity index (χ1n) is 6.68. The Balaban J connectivity index is 2.65. The number of nitrogens with zero attached hydrogens (tertiary/aromatic N) is 2. The molecule has 1 aromatic rings. The van der Waals surface area contributed by atoms with Gasteiger partial charge in [-0.05, 0) is 40.0 Å². The second-order valence-electron chi connectivity index (χ2n) is 4.63. The lowest BCUT2D eigenvalue weighted by atomic mass is 10.1. The van der Waals surface area contributed by atoms with Crippen LogP contribution < -0.4 is 0 Å². The van der Waals surface area contributed by atoms with Gasteiger partial charge in [-0.2, -0.15) is 0 Å². The molecule has 1 amide bonds. The maximum Gasteiger partial charge on any atom is 0.236 e. The smallest absolute Gasteiger partial charge is 0.236 e. The quantitative estimate of drug-likeness (QED) is 0.726. The highest BCUT2D eigenvalue weighted by Gasteiger charge is 2.23. The Morgan fingerprint density at radius 1 is 1.30 bits per heavy atom. The lowest BCUT2D eigenvalue weighted by Gasteiger charge is -2.26. The Morgan fingerprint density at radius 3 is 2.35 bits per heavy atom. The van der Waals surface area contributed by atoms with Crippen LogP contribution >= 0.6 is 22.9 Å². The Morgan fingerprint density at radius 2 is 1.90 bits per heavy atom. The van der Waals surface area contributed by atoms with Crippen molar-refractivity contribution in [3.05, 3.63) is 21.3 Å². The number of Topliss-reactive ketones (excluding diaryl/α,β-unsaturated/α-hetero) is 1. The molecule has 0 saturated heterocycles. The van der Waals surface area contributed by atoms with E-state index in [1.54, 1.807) is 29.0 Å². The zero-order valence-corrected chi connectivity index (χ0v) is 13.9. The molecule has 0 N–H and O–H groups in total. The molecule has 4 nitrogen and oxygen atoms in total. The van der Waals surface area contributed by atoms with Crippen LogP contribution in [0.25, 0.3) is 0 Å². The topological polar surface area (TPSA) is 40.6 Å². The number of carbonyl (C=O) groups excluding carboxylic acids is 2. The zero-order valence-electron chi connectivity index (χ0n) is 12.4. The standard InChI is InChI=1S/C14H21ClN2O2S/c1-5-17(6-2)13(18)9-16(4)10(3)14(19)11-7-8-12(15)20-11/h7-8,10H,5-6,9H2,1-4H3. The fourth-order valence-corrected chi connectivity index (χ4v) is 2.95. The van der Waals surface area contributed by atoms with Gasteiger partial charge >= 0.3 is 0 Å². The van der Waals surface area contributed by atoms with Crippen molar-refractivity contribution in [2.24, 2.45) is 0 Å². The van der Waals surface area contributed by atoms with Gasteiger partial charge in [0.15, 0.2) is 5.78 Å². The molecule has 0 spiro atoms. The zero-order chi connectivity index (χ0) is 15.3. The largest absolute Gasteiger partial charge is 0.342 e. The summed E-state index contributed by atoms with van der Waals surface area (Å²) >= 11 is 7.11.